The zero-order valence-electron chi connectivity index (χ0n) is 13.9. The van der Waals surface area contributed by atoms with Gasteiger partial charge < -0.3 is 14.8 Å². The van der Waals surface area contributed by atoms with Crippen LogP contribution in [0.15, 0.2) is 48.1 Å². The fourth-order valence-electron chi connectivity index (χ4n) is 2.17. The van der Waals surface area contributed by atoms with Crippen molar-refractivity contribution >= 4 is 22.9 Å². The summed E-state index contributed by atoms with van der Waals surface area (Å²) in [6.45, 7) is 2.24. The summed E-state index contributed by atoms with van der Waals surface area (Å²) in [5.41, 5.74) is 2.00. The highest BCUT2D eigenvalue weighted by Crippen LogP contribution is 2.31. The lowest BCUT2D eigenvalue weighted by Crippen LogP contribution is -2.12. The Hall–Kier alpha value is -2.93. The molecule has 2 heterocycles. The van der Waals surface area contributed by atoms with Gasteiger partial charge in [0.05, 0.1) is 12.1 Å². The SMILES string of the molecule is COc1ccc(NC(=O)c2csc(C)n2)cc1OCc1ccncc1. The van der Waals surface area contributed by atoms with Gasteiger partial charge in [-0.05, 0) is 36.8 Å². The standard InChI is InChI=1S/C18H17N3O3S/c1-12-20-15(11-25-12)18(22)21-14-3-4-16(23-2)17(9-14)24-10-13-5-7-19-8-6-13/h3-9,11H,10H2,1-2H3,(H,21,22). The van der Waals surface area contributed by atoms with E-state index in [2.05, 4.69) is 15.3 Å². The number of hydrogen-bond acceptors (Lipinski definition) is 6. The number of rotatable bonds is 6. The molecule has 0 fully saturated rings. The molecule has 0 atom stereocenters. The largest absolute Gasteiger partial charge is 0.493 e. The summed E-state index contributed by atoms with van der Waals surface area (Å²) in [6.07, 6.45) is 3.42. The van der Waals surface area contributed by atoms with E-state index in [0.29, 0.717) is 29.5 Å². The van der Waals surface area contributed by atoms with Crippen LogP contribution in [-0.2, 0) is 6.61 Å². The first-order valence-corrected chi connectivity index (χ1v) is 8.47. The molecule has 0 aliphatic rings. The monoisotopic (exact) mass is 355 g/mol. The van der Waals surface area contributed by atoms with Crippen LogP contribution in [0.2, 0.25) is 0 Å². The molecule has 128 valence electrons. The minimum Gasteiger partial charge on any atom is -0.493 e. The van der Waals surface area contributed by atoms with Crippen LogP contribution in [0, 0.1) is 6.92 Å². The molecule has 1 N–H and O–H groups in total. The van der Waals surface area contributed by atoms with E-state index < -0.39 is 0 Å². The first kappa shape index (κ1) is 16.9. The second-order valence-electron chi connectivity index (χ2n) is 5.22. The zero-order valence-corrected chi connectivity index (χ0v) is 14.7. The van der Waals surface area contributed by atoms with Gasteiger partial charge in [-0.3, -0.25) is 9.78 Å². The van der Waals surface area contributed by atoms with Gasteiger partial charge in [-0.25, -0.2) is 4.98 Å². The van der Waals surface area contributed by atoms with Gasteiger partial charge in [-0.2, -0.15) is 0 Å². The van der Waals surface area contributed by atoms with Crippen molar-refractivity contribution in [1.82, 2.24) is 9.97 Å². The fourth-order valence-corrected chi connectivity index (χ4v) is 2.76. The smallest absolute Gasteiger partial charge is 0.275 e. The van der Waals surface area contributed by atoms with Crippen molar-refractivity contribution in [2.24, 2.45) is 0 Å². The minimum absolute atomic E-state index is 0.255. The van der Waals surface area contributed by atoms with E-state index in [1.807, 2.05) is 19.1 Å². The van der Waals surface area contributed by atoms with Crippen LogP contribution in [0.3, 0.4) is 0 Å². The molecule has 0 aliphatic carbocycles. The Morgan fingerprint density at radius 1 is 1.20 bits per heavy atom. The number of ether oxygens (including phenoxy) is 2. The van der Waals surface area contributed by atoms with Gasteiger partial charge in [0.1, 0.15) is 12.3 Å². The van der Waals surface area contributed by atoms with Crippen LogP contribution in [0.5, 0.6) is 11.5 Å². The van der Waals surface area contributed by atoms with Gasteiger partial charge in [-0.1, -0.05) is 0 Å². The number of benzene rings is 1. The van der Waals surface area contributed by atoms with Crippen LogP contribution >= 0.6 is 11.3 Å². The summed E-state index contributed by atoms with van der Waals surface area (Å²) in [6, 6.07) is 9.00. The van der Waals surface area contributed by atoms with Gasteiger partial charge >= 0.3 is 0 Å². The first-order chi connectivity index (χ1) is 12.2. The van der Waals surface area contributed by atoms with Crippen molar-refractivity contribution < 1.29 is 14.3 Å². The summed E-state index contributed by atoms with van der Waals surface area (Å²) in [5.74, 6) is 0.887. The summed E-state index contributed by atoms with van der Waals surface area (Å²) < 4.78 is 11.1. The van der Waals surface area contributed by atoms with E-state index in [9.17, 15) is 4.79 Å². The van der Waals surface area contributed by atoms with E-state index >= 15 is 0 Å². The molecule has 0 radical (unpaired) electrons. The highest BCUT2D eigenvalue weighted by molar-refractivity contribution is 7.09. The van der Waals surface area contributed by atoms with Crippen LogP contribution in [0.25, 0.3) is 0 Å². The number of carbonyl (C=O) groups is 1. The number of aryl methyl sites for hydroxylation is 1. The molecular formula is C18H17N3O3S. The minimum atomic E-state index is -0.255. The number of carbonyl (C=O) groups excluding carboxylic acids is 1. The van der Waals surface area contributed by atoms with Gasteiger partial charge in [-0.15, -0.1) is 11.3 Å². The fraction of sp³-hybridized carbons (Fsp3) is 0.167. The number of nitrogens with zero attached hydrogens (tertiary/aromatic N) is 2. The van der Waals surface area contributed by atoms with E-state index in [1.54, 1.807) is 43.1 Å². The molecule has 1 amide bonds. The van der Waals surface area contributed by atoms with Crippen molar-refractivity contribution in [3.63, 3.8) is 0 Å². The number of methoxy groups -OCH3 is 1. The third-order valence-electron chi connectivity index (χ3n) is 3.42. The summed E-state index contributed by atoms with van der Waals surface area (Å²) in [7, 11) is 1.57. The van der Waals surface area contributed by atoms with Crippen LogP contribution in [-0.4, -0.2) is 23.0 Å². The van der Waals surface area contributed by atoms with Crippen molar-refractivity contribution in [1.29, 1.82) is 0 Å². The highest BCUT2D eigenvalue weighted by atomic mass is 32.1. The second kappa shape index (κ2) is 7.76. The van der Waals surface area contributed by atoms with E-state index in [-0.39, 0.29) is 5.91 Å². The number of amides is 1. The lowest BCUT2D eigenvalue weighted by molar-refractivity contribution is 0.102. The molecule has 6 nitrogen and oxygen atoms in total. The average molecular weight is 355 g/mol. The number of hydrogen-bond donors (Lipinski definition) is 1. The topological polar surface area (TPSA) is 73.3 Å². The molecule has 1 aromatic carbocycles. The molecule has 0 spiro atoms. The molecular weight excluding hydrogens is 338 g/mol. The molecule has 0 bridgehead atoms. The number of thiazole rings is 1. The number of pyridine rings is 1. The number of nitrogens with one attached hydrogen (secondary N) is 1. The Morgan fingerprint density at radius 3 is 2.68 bits per heavy atom. The van der Waals surface area contributed by atoms with Crippen LogP contribution in [0.1, 0.15) is 21.1 Å². The Kier molecular flexibility index (Phi) is 5.25. The summed E-state index contributed by atoms with van der Waals surface area (Å²) in [5, 5.41) is 5.40. The van der Waals surface area contributed by atoms with Crippen LogP contribution in [0.4, 0.5) is 5.69 Å². The van der Waals surface area contributed by atoms with Gasteiger partial charge in [0, 0.05) is 29.5 Å². The Balaban J connectivity index is 1.74. The molecule has 0 saturated heterocycles. The lowest BCUT2D eigenvalue weighted by Gasteiger charge is -2.13. The van der Waals surface area contributed by atoms with Crippen molar-refractivity contribution in [3.05, 3.63) is 64.4 Å². The third-order valence-corrected chi connectivity index (χ3v) is 4.19. The second-order valence-corrected chi connectivity index (χ2v) is 6.28. The van der Waals surface area contributed by atoms with Gasteiger partial charge in [0.15, 0.2) is 11.5 Å². The Morgan fingerprint density at radius 2 is 2.00 bits per heavy atom. The molecule has 7 heteroatoms. The maximum Gasteiger partial charge on any atom is 0.275 e. The maximum absolute atomic E-state index is 12.2. The molecule has 3 rings (SSSR count). The van der Waals surface area contributed by atoms with E-state index in [4.69, 9.17) is 9.47 Å². The van der Waals surface area contributed by atoms with Crippen molar-refractivity contribution in [2.45, 2.75) is 13.5 Å². The van der Waals surface area contributed by atoms with Crippen LogP contribution < -0.4 is 14.8 Å². The molecule has 0 unspecified atom stereocenters. The summed E-state index contributed by atoms with van der Waals surface area (Å²) >= 11 is 1.44. The number of aromatic nitrogens is 2. The molecule has 25 heavy (non-hydrogen) atoms. The molecule has 2 aromatic heterocycles. The Labute approximate surface area is 149 Å². The highest BCUT2D eigenvalue weighted by Gasteiger charge is 2.12. The van der Waals surface area contributed by atoms with Crippen molar-refractivity contribution in [2.75, 3.05) is 12.4 Å². The predicted octanol–water partition coefficient (Wildman–Crippen LogP) is 3.69. The summed E-state index contributed by atoms with van der Waals surface area (Å²) in [4.78, 5) is 20.4. The maximum atomic E-state index is 12.2. The van der Waals surface area contributed by atoms with Gasteiger partial charge in [0.2, 0.25) is 0 Å². The third kappa shape index (κ3) is 4.33. The molecule has 0 aliphatic heterocycles. The average Bonchev–Trinajstić information content (AvgIpc) is 3.07. The van der Waals surface area contributed by atoms with Gasteiger partial charge in [0.25, 0.3) is 5.91 Å². The zero-order chi connectivity index (χ0) is 17.6. The quantitative estimate of drug-likeness (QED) is 0.730. The lowest BCUT2D eigenvalue weighted by atomic mass is 10.2. The van der Waals surface area contributed by atoms with E-state index in [0.717, 1.165) is 10.6 Å². The number of anilines is 1. The Bertz CT molecular complexity index is 865. The van der Waals surface area contributed by atoms with Crippen molar-refractivity contribution in [3.8, 4) is 11.5 Å². The normalized spacial score (nSPS) is 10.3. The van der Waals surface area contributed by atoms with E-state index in [1.165, 1.54) is 11.3 Å². The molecule has 3 aromatic rings. The molecule has 0 saturated carbocycles. The predicted molar refractivity (Wildman–Crippen MR) is 96.4 cm³/mol. The first-order valence-electron chi connectivity index (χ1n) is 7.59.